The Morgan fingerprint density at radius 3 is 2.74 bits per heavy atom. The van der Waals surface area contributed by atoms with Gasteiger partial charge in [-0.25, -0.2) is 13.1 Å². The first kappa shape index (κ1) is 15.6. The van der Waals surface area contributed by atoms with Crippen LogP contribution in [0.1, 0.15) is 5.56 Å². The SMILES string of the molecule is COCCNC(=O)CNS(=O)(=O)c1cccc(C)c1. The van der Waals surface area contributed by atoms with Gasteiger partial charge in [0.05, 0.1) is 18.0 Å². The molecule has 19 heavy (non-hydrogen) atoms. The molecular formula is C12H18N2O4S. The fraction of sp³-hybridized carbons (Fsp3) is 0.417. The standard InChI is InChI=1S/C12H18N2O4S/c1-10-4-3-5-11(8-10)19(16,17)14-9-12(15)13-6-7-18-2/h3-5,8,14H,6-7,9H2,1-2H3,(H,13,15). The lowest BCUT2D eigenvalue weighted by Crippen LogP contribution is -2.38. The van der Waals surface area contributed by atoms with Crippen molar-refractivity contribution in [3.63, 3.8) is 0 Å². The molecule has 0 aliphatic heterocycles. The Balaban J connectivity index is 2.54. The van der Waals surface area contributed by atoms with Crippen LogP contribution in [0.4, 0.5) is 0 Å². The number of amides is 1. The molecule has 0 aliphatic rings. The summed E-state index contributed by atoms with van der Waals surface area (Å²) in [5.41, 5.74) is 0.840. The number of hydrogen-bond donors (Lipinski definition) is 2. The number of carbonyl (C=O) groups is 1. The van der Waals surface area contributed by atoms with Gasteiger partial charge in [-0.15, -0.1) is 0 Å². The molecule has 0 saturated heterocycles. The summed E-state index contributed by atoms with van der Waals surface area (Å²) >= 11 is 0. The molecule has 0 bridgehead atoms. The van der Waals surface area contributed by atoms with E-state index in [1.54, 1.807) is 25.1 Å². The molecule has 1 aromatic rings. The van der Waals surface area contributed by atoms with Crippen LogP contribution in [-0.4, -0.2) is 41.1 Å². The predicted octanol–water partition coefficient (Wildman–Crippen LogP) is 0.0359. The molecule has 0 heterocycles. The van der Waals surface area contributed by atoms with Crippen molar-refractivity contribution in [2.24, 2.45) is 0 Å². The maximum absolute atomic E-state index is 11.9. The van der Waals surface area contributed by atoms with E-state index in [-0.39, 0.29) is 11.4 Å². The van der Waals surface area contributed by atoms with Gasteiger partial charge < -0.3 is 10.1 Å². The Kier molecular flexibility index (Phi) is 5.94. The van der Waals surface area contributed by atoms with Gasteiger partial charge >= 0.3 is 0 Å². The van der Waals surface area contributed by atoms with Gasteiger partial charge in [0, 0.05) is 13.7 Å². The molecule has 0 aromatic heterocycles. The molecular weight excluding hydrogens is 268 g/mol. The molecule has 1 rings (SSSR count). The van der Waals surface area contributed by atoms with Crippen molar-refractivity contribution in [3.05, 3.63) is 29.8 Å². The number of aryl methyl sites for hydroxylation is 1. The molecule has 7 heteroatoms. The lowest BCUT2D eigenvalue weighted by molar-refractivity contribution is -0.120. The van der Waals surface area contributed by atoms with Crippen molar-refractivity contribution in [3.8, 4) is 0 Å². The quantitative estimate of drug-likeness (QED) is 0.693. The number of nitrogens with one attached hydrogen (secondary N) is 2. The lowest BCUT2D eigenvalue weighted by atomic mass is 10.2. The zero-order valence-electron chi connectivity index (χ0n) is 11.0. The lowest BCUT2D eigenvalue weighted by Gasteiger charge is -2.08. The van der Waals surface area contributed by atoms with Gasteiger partial charge in [-0.2, -0.15) is 0 Å². The highest BCUT2D eigenvalue weighted by molar-refractivity contribution is 7.89. The normalized spacial score (nSPS) is 11.3. The zero-order valence-corrected chi connectivity index (χ0v) is 11.8. The fourth-order valence-corrected chi connectivity index (χ4v) is 2.47. The first-order valence-corrected chi connectivity index (χ1v) is 7.26. The highest BCUT2D eigenvalue weighted by Gasteiger charge is 2.15. The Bertz CT molecular complexity index is 528. The van der Waals surface area contributed by atoms with Crippen LogP contribution in [0.3, 0.4) is 0 Å². The minimum absolute atomic E-state index is 0.150. The van der Waals surface area contributed by atoms with Crippen molar-refractivity contribution >= 4 is 15.9 Å². The van der Waals surface area contributed by atoms with Crippen LogP contribution in [0, 0.1) is 6.92 Å². The first-order chi connectivity index (χ1) is 8.95. The zero-order chi connectivity index (χ0) is 14.3. The summed E-state index contributed by atoms with van der Waals surface area (Å²) in [5.74, 6) is -0.395. The summed E-state index contributed by atoms with van der Waals surface area (Å²) in [5, 5.41) is 2.53. The van der Waals surface area contributed by atoms with Crippen LogP contribution in [0.25, 0.3) is 0 Å². The van der Waals surface area contributed by atoms with E-state index < -0.39 is 15.9 Å². The molecule has 1 aromatic carbocycles. The van der Waals surface area contributed by atoms with Crippen molar-refractivity contribution in [1.82, 2.24) is 10.0 Å². The van der Waals surface area contributed by atoms with E-state index in [2.05, 4.69) is 10.0 Å². The van der Waals surface area contributed by atoms with Crippen molar-refractivity contribution in [2.45, 2.75) is 11.8 Å². The second kappa shape index (κ2) is 7.22. The van der Waals surface area contributed by atoms with Crippen LogP contribution < -0.4 is 10.0 Å². The van der Waals surface area contributed by atoms with E-state index in [4.69, 9.17) is 4.74 Å². The maximum Gasteiger partial charge on any atom is 0.241 e. The predicted molar refractivity (Wildman–Crippen MR) is 71.3 cm³/mol. The van der Waals surface area contributed by atoms with E-state index >= 15 is 0 Å². The van der Waals surface area contributed by atoms with Crippen LogP contribution in [0.2, 0.25) is 0 Å². The summed E-state index contributed by atoms with van der Waals surface area (Å²) in [6, 6.07) is 6.49. The molecule has 0 aliphatic carbocycles. The Morgan fingerprint density at radius 2 is 2.11 bits per heavy atom. The number of methoxy groups -OCH3 is 1. The fourth-order valence-electron chi connectivity index (χ4n) is 1.38. The number of carbonyl (C=O) groups excluding carboxylic acids is 1. The third-order valence-corrected chi connectivity index (χ3v) is 3.75. The smallest absolute Gasteiger partial charge is 0.241 e. The molecule has 106 valence electrons. The molecule has 2 N–H and O–H groups in total. The summed E-state index contributed by atoms with van der Waals surface area (Å²) < 4.78 is 30.8. The summed E-state index contributed by atoms with van der Waals surface area (Å²) in [6.07, 6.45) is 0. The van der Waals surface area contributed by atoms with Gasteiger partial charge in [0.2, 0.25) is 15.9 Å². The van der Waals surface area contributed by atoms with E-state index in [1.807, 2.05) is 0 Å². The number of rotatable bonds is 7. The van der Waals surface area contributed by atoms with Crippen molar-refractivity contribution in [2.75, 3.05) is 26.8 Å². The van der Waals surface area contributed by atoms with Crippen LogP contribution in [0.15, 0.2) is 29.2 Å². The van der Waals surface area contributed by atoms with Crippen LogP contribution in [-0.2, 0) is 19.6 Å². The molecule has 1 amide bonds. The van der Waals surface area contributed by atoms with E-state index in [0.29, 0.717) is 13.2 Å². The van der Waals surface area contributed by atoms with Gasteiger partial charge in [0.25, 0.3) is 0 Å². The second-order valence-corrected chi connectivity index (χ2v) is 5.75. The van der Waals surface area contributed by atoms with Gasteiger partial charge in [-0.3, -0.25) is 4.79 Å². The topological polar surface area (TPSA) is 84.5 Å². The second-order valence-electron chi connectivity index (χ2n) is 3.98. The molecule has 0 atom stereocenters. The highest BCUT2D eigenvalue weighted by Crippen LogP contribution is 2.10. The van der Waals surface area contributed by atoms with Gasteiger partial charge in [0.1, 0.15) is 0 Å². The number of ether oxygens (including phenoxy) is 1. The summed E-state index contributed by atoms with van der Waals surface area (Å²) in [4.78, 5) is 11.5. The summed E-state index contributed by atoms with van der Waals surface area (Å²) in [6.45, 7) is 2.24. The maximum atomic E-state index is 11.9. The molecule has 0 saturated carbocycles. The number of sulfonamides is 1. The van der Waals surface area contributed by atoms with E-state index in [9.17, 15) is 13.2 Å². The van der Waals surface area contributed by atoms with Crippen molar-refractivity contribution in [1.29, 1.82) is 0 Å². The largest absolute Gasteiger partial charge is 0.383 e. The van der Waals surface area contributed by atoms with E-state index in [1.165, 1.54) is 13.2 Å². The average Bonchev–Trinajstić information content (AvgIpc) is 2.37. The molecule has 0 unspecified atom stereocenters. The monoisotopic (exact) mass is 286 g/mol. The third-order valence-electron chi connectivity index (χ3n) is 2.35. The third kappa shape index (κ3) is 5.37. The summed E-state index contributed by atoms with van der Waals surface area (Å²) in [7, 11) is -2.13. The minimum Gasteiger partial charge on any atom is -0.383 e. The van der Waals surface area contributed by atoms with Crippen LogP contribution >= 0.6 is 0 Å². The van der Waals surface area contributed by atoms with Gasteiger partial charge in [0.15, 0.2) is 0 Å². The molecule has 0 radical (unpaired) electrons. The molecule has 0 spiro atoms. The Labute approximate surface area is 113 Å². The highest BCUT2D eigenvalue weighted by atomic mass is 32.2. The first-order valence-electron chi connectivity index (χ1n) is 5.77. The number of benzene rings is 1. The molecule has 0 fully saturated rings. The Morgan fingerprint density at radius 1 is 1.37 bits per heavy atom. The van der Waals surface area contributed by atoms with Crippen molar-refractivity contribution < 1.29 is 17.9 Å². The molecule has 6 nitrogen and oxygen atoms in total. The van der Waals surface area contributed by atoms with Gasteiger partial charge in [-0.05, 0) is 24.6 Å². The average molecular weight is 286 g/mol. The van der Waals surface area contributed by atoms with E-state index in [0.717, 1.165) is 5.56 Å². The van der Waals surface area contributed by atoms with Crippen LogP contribution in [0.5, 0.6) is 0 Å². The Hall–Kier alpha value is -1.44. The minimum atomic E-state index is -3.65. The number of hydrogen-bond acceptors (Lipinski definition) is 4. The van der Waals surface area contributed by atoms with Gasteiger partial charge in [-0.1, -0.05) is 12.1 Å².